The van der Waals surface area contributed by atoms with Crippen molar-refractivity contribution >= 4 is 23.4 Å². The van der Waals surface area contributed by atoms with Crippen molar-refractivity contribution in [3.05, 3.63) is 42.3 Å². The van der Waals surface area contributed by atoms with Crippen LogP contribution < -0.4 is 19.4 Å². The molecule has 4 atom stereocenters. The van der Waals surface area contributed by atoms with Gasteiger partial charge in [-0.05, 0) is 31.2 Å². The number of anilines is 2. The first-order chi connectivity index (χ1) is 17.6. The Labute approximate surface area is 213 Å². The molecule has 0 bridgehead atoms. The third-order valence-corrected chi connectivity index (χ3v) is 6.82. The number of nitrogens with zero attached hydrogens (tertiary/aromatic N) is 4. The summed E-state index contributed by atoms with van der Waals surface area (Å²) in [6.07, 6.45) is -2.32. The van der Waals surface area contributed by atoms with Gasteiger partial charge in [-0.25, -0.2) is 9.37 Å². The zero-order valence-corrected chi connectivity index (χ0v) is 20.9. The zero-order valence-electron chi connectivity index (χ0n) is 20.9. The van der Waals surface area contributed by atoms with Gasteiger partial charge in [0.05, 0.1) is 30.2 Å². The minimum atomic E-state index is -4.56. The molecule has 4 rings (SSSR count). The highest BCUT2D eigenvalue weighted by Crippen LogP contribution is 2.37. The van der Waals surface area contributed by atoms with Crippen molar-refractivity contribution in [1.29, 1.82) is 0 Å². The predicted octanol–water partition coefficient (Wildman–Crippen LogP) is 5.25. The fraction of sp³-hybridized carbons (Fsp3) is 0.500. The second-order valence-corrected chi connectivity index (χ2v) is 9.36. The van der Waals surface area contributed by atoms with Crippen molar-refractivity contribution in [2.45, 2.75) is 51.9 Å². The quantitative estimate of drug-likeness (QED) is 0.349. The fourth-order valence-corrected chi connectivity index (χ4v) is 4.89. The molecule has 2 aliphatic rings. The molecule has 0 aliphatic carbocycles. The first-order valence-corrected chi connectivity index (χ1v) is 12.3. The number of hydrogen-bond acceptors (Lipinski definition) is 7. The van der Waals surface area contributed by atoms with E-state index in [0.717, 1.165) is 6.20 Å². The Morgan fingerprint density at radius 1 is 1.19 bits per heavy atom. The second kappa shape index (κ2) is 10.9. The van der Waals surface area contributed by atoms with E-state index in [0.29, 0.717) is 55.4 Å². The van der Waals surface area contributed by atoms with Gasteiger partial charge in [-0.1, -0.05) is 13.8 Å². The molecule has 0 amide bonds. The summed E-state index contributed by atoms with van der Waals surface area (Å²) in [4.78, 5) is 17.0. The summed E-state index contributed by atoms with van der Waals surface area (Å²) in [5.41, 5.74) is 0.00214. The highest BCUT2D eigenvalue weighted by Gasteiger charge is 2.48. The van der Waals surface area contributed by atoms with Crippen molar-refractivity contribution in [1.82, 2.24) is 4.98 Å². The number of aromatic nitrogens is 1. The standard InChI is InChI=1S/C26H30F4N4O3/c1-4-36-24-13-22(20(27)14-31-24)33-11-9-23(16(2)15-33)37-19-7-5-18(6-8-19)34-21(10-12-35)17(3)25(32-34)26(28,29)30/h5-8,12-14,16-17,21,23H,4,9-11,15H2,1-3H3. The summed E-state index contributed by atoms with van der Waals surface area (Å²) >= 11 is 0. The summed E-state index contributed by atoms with van der Waals surface area (Å²) in [6, 6.07) is 7.56. The van der Waals surface area contributed by atoms with E-state index in [1.807, 2.05) is 18.7 Å². The van der Waals surface area contributed by atoms with Crippen LogP contribution in [0.3, 0.4) is 0 Å². The molecule has 0 N–H and O–H groups in total. The number of alkyl halides is 3. The minimum Gasteiger partial charge on any atom is -0.490 e. The second-order valence-electron chi connectivity index (χ2n) is 9.36. The van der Waals surface area contributed by atoms with E-state index in [9.17, 15) is 22.4 Å². The maximum Gasteiger partial charge on any atom is 0.431 e. The molecule has 0 radical (unpaired) electrons. The SMILES string of the molecule is CCOc1cc(N2CCC(Oc3ccc(N4N=C(C(F)(F)F)C(C)C4CC=O)cc3)C(C)C2)c(F)cn1. The van der Waals surface area contributed by atoms with Crippen LogP contribution in [0.2, 0.25) is 0 Å². The molecule has 0 spiro atoms. The van der Waals surface area contributed by atoms with E-state index >= 15 is 0 Å². The number of rotatable bonds is 8. The maximum atomic E-state index is 14.4. The minimum absolute atomic E-state index is 0.0667. The normalized spacial score (nSPS) is 24.1. The van der Waals surface area contributed by atoms with Crippen molar-refractivity contribution in [2.75, 3.05) is 29.6 Å². The van der Waals surface area contributed by atoms with E-state index in [-0.39, 0.29) is 18.4 Å². The van der Waals surface area contributed by atoms with Crippen molar-refractivity contribution in [3.63, 3.8) is 0 Å². The number of hydrazone groups is 1. The van der Waals surface area contributed by atoms with Crippen molar-refractivity contribution in [2.24, 2.45) is 16.9 Å². The van der Waals surface area contributed by atoms with Crippen LogP contribution in [0, 0.1) is 17.7 Å². The summed E-state index contributed by atoms with van der Waals surface area (Å²) in [5, 5.41) is 5.08. The van der Waals surface area contributed by atoms with Gasteiger partial charge in [-0.2, -0.15) is 18.3 Å². The molecule has 4 unspecified atom stereocenters. The number of benzene rings is 1. The Morgan fingerprint density at radius 2 is 1.92 bits per heavy atom. The zero-order chi connectivity index (χ0) is 26.7. The monoisotopic (exact) mass is 522 g/mol. The van der Waals surface area contributed by atoms with Crippen LogP contribution in [-0.4, -0.2) is 55.0 Å². The van der Waals surface area contributed by atoms with Gasteiger partial charge in [0, 0.05) is 43.8 Å². The molecule has 1 fully saturated rings. The van der Waals surface area contributed by atoms with Gasteiger partial charge in [0.15, 0.2) is 5.82 Å². The lowest BCUT2D eigenvalue weighted by Gasteiger charge is -2.38. The summed E-state index contributed by atoms with van der Waals surface area (Å²) in [6.45, 7) is 6.88. The summed E-state index contributed by atoms with van der Waals surface area (Å²) in [5.74, 6) is -0.318. The number of hydrogen-bond donors (Lipinski definition) is 0. The van der Waals surface area contributed by atoms with E-state index < -0.39 is 29.7 Å². The van der Waals surface area contributed by atoms with Crippen LogP contribution in [0.1, 0.15) is 33.6 Å². The Morgan fingerprint density at radius 3 is 2.54 bits per heavy atom. The largest absolute Gasteiger partial charge is 0.490 e. The van der Waals surface area contributed by atoms with Crippen LogP contribution >= 0.6 is 0 Å². The molecule has 37 heavy (non-hydrogen) atoms. The van der Waals surface area contributed by atoms with Crippen molar-refractivity contribution < 1.29 is 31.8 Å². The molecule has 1 aromatic carbocycles. The number of aldehydes is 1. The molecule has 200 valence electrons. The number of halogens is 4. The highest BCUT2D eigenvalue weighted by molar-refractivity contribution is 5.95. The first-order valence-electron chi connectivity index (χ1n) is 12.3. The Bertz CT molecular complexity index is 1130. The smallest absolute Gasteiger partial charge is 0.431 e. The third-order valence-electron chi connectivity index (χ3n) is 6.82. The Hall–Kier alpha value is -3.37. The van der Waals surface area contributed by atoms with Gasteiger partial charge in [-0.15, -0.1) is 0 Å². The Kier molecular flexibility index (Phi) is 7.89. The molecule has 3 heterocycles. The molecule has 2 aromatic rings. The number of ether oxygens (including phenoxy) is 2. The van der Waals surface area contributed by atoms with Crippen LogP contribution in [0.5, 0.6) is 11.6 Å². The third kappa shape index (κ3) is 5.80. The van der Waals surface area contributed by atoms with E-state index in [2.05, 4.69) is 10.1 Å². The van der Waals surface area contributed by atoms with Crippen LogP contribution in [-0.2, 0) is 4.79 Å². The summed E-state index contributed by atoms with van der Waals surface area (Å²) in [7, 11) is 0. The van der Waals surface area contributed by atoms with Gasteiger partial charge in [0.1, 0.15) is 23.9 Å². The molecular formula is C26H30F4N4O3. The number of carbonyl (C=O) groups is 1. The summed E-state index contributed by atoms with van der Waals surface area (Å²) < 4.78 is 66.2. The molecular weight excluding hydrogens is 492 g/mol. The van der Waals surface area contributed by atoms with E-state index in [1.165, 1.54) is 11.9 Å². The van der Waals surface area contributed by atoms with Crippen LogP contribution in [0.15, 0.2) is 41.6 Å². The van der Waals surface area contributed by atoms with Gasteiger partial charge in [-0.3, -0.25) is 5.01 Å². The first kappa shape index (κ1) is 26.7. The van der Waals surface area contributed by atoms with E-state index in [1.54, 1.807) is 30.3 Å². The van der Waals surface area contributed by atoms with Gasteiger partial charge >= 0.3 is 6.18 Å². The van der Waals surface area contributed by atoms with E-state index in [4.69, 9.17) is 9.47 Å². The predicted molar refractivity (Wildman–Crippen MR) is 132 cm³/mol. The molecule has 11 heteroatoms. The molecule has 1 saturated heterocycles. The molecule has 2 aliphatic heterocycles. The topological polar surface area (TPSA) is 67.3 Å². The lowest BCUT2D eigenvalue weighted by molar-refractivity contribution is -0.108. The van der Waals surface area contributed by atoms with Gasteiger partial charge in [0.25, 0.3) is 0 Å². The van der Waals surface area contributed by atoms with Crippen LogP contribution in [0.25, 0.3) is 0 Å². The lowest BCUT2D eigenvalue weighted by atomic mass is 9.95. The highest BCUT2D eigenvalue weighted by atomic mass is 19.4. The lowest BCUT2D eigenvalue weighted by Crippen LogP contribution is -2.44. The molecule has 7 nitrogen and oxygen atoms in total. The van der Waals surface area contributed by atoms with Gasteiger partial charge in [0.2, 0.25) is 5.88 Å². The molecule has 1 aromatic heterocycles. The number of pyridine rings is 1. The average Bonchev–Trinajstić information content (AvgIpc) is 3.19. The fourth-order valence-electron chi connectivity index (χ4n) is 4.89. The Balaban J connectivity index is 1.42. The van der Waals surface area contributed by atoms with Crippen molar-refractivity contribution in [3.8, 4) is 11.6 Å². The van der Waals surface area contributed by atoms with Gasteiger partial charge < -0.3 is 19.2 Å². The van der Waals surface area contributed by atoms with Crippen LogP contribution in [0.4, 0.5) is 28.9 Å². The average molecular weight is 523 g/mol. The number of piperidine rings is 1. The molecule has 0 saturated carbocycles. The maximum absolute atomic E-state index is 14.4. The number of carbonyl (C=O) groups excluding carboxylic acids is 1.